The molecule has 1 rings (SSSR count). The van der Waals surface area contributed by atoms with Gasteiger partial charge in [0.15, 0.2) is 0 Å². The first-order valence-corrected chi connectivity index (χ1v) is 6.22. The number of anilines is 1. The van der Waals surface area contributed by atoms with E-state index in [0.717, 1.165) is 19.3 Å². The number of rotatable bonds is 6. The van der Waals surface area contributed by atoms with E-state index in [4.69, 9.17) is 5.73 Å². The average Bonchev–Trinajstić information content (AvgIpc) is 2.61. The van der Waals surface area contributed by atoms with E-state index in [9.17, 15) is 4.79 Å². The molecule has 0 saturated heterocycles. The molecular weight excluding hydrogens is 216 g/mol. The number of carbonyl (C=O) groups is 1. The Balaban J connectivity index is 2.68. The summed E-state index contributed by atoms with van der Waals surface area (Å²) in [4.78, 5) is 12.0. The molecule has 0 aliphatic carbocycles. The number of nitrogens with one attached hydrogen (secondary N) is 1. The minimum atomic E-state index is -0.124. The minimum Gasteiger partial charge on any atom is -0.395 e. The Morgan fingerprint density at radius 2 is 2.12 bits per heavy atom. The molecule has 0 aliphatic rings. The van der Waals surface area contributed by atoms with Gasteiger partial charge < -0.3 is 11.1 Å². The summed E-state index contributed by atoms with van der Waals surface area (Å²) in [6.07, 6.45) is 3.27. The van der Waals surface area contributed by atoms with Crippen LogP contribution in [0.1, 0.15) is 49.3 Å². The number of carbonyl (C=O) groups excluding carboxylic acids is 1. The normalized spacial score (nSPS) is 10.5. The number of nitrogen functional groups attached to an aromatic ring is 1. The summed E-state index contributed by atoms with van der Waals surface area (Å²) in [5, 5.41) is 7.11. The van der Waals surface area contributed by atoms with Crippen molar-refractivity contribution >= 4 is 11.6 Å². The molecule has 5 heteroatoms. The van der Waals surface area contributed by atoms with Crippen LogP contribution in [0.3, 0.4) is 0 Å². The molecule has 0 bridgehead atoms. The Kier molecular flexibility index (Phi) is 5.00. The largest absolute Gasteiger partial charge is 0.395 e. The number of hydrogen-bond acceptors (Lipinski definition) is 3. The molecular formula is C12H22N4O. The summed E-state index contributed by atoms with van der Waals surface area (Å²) in [5.74, 6) is -0.124. The van der Waals surface area contributed by atoms with Crippen molar-refractivity contribution in [1.29, 1.82) is 0 Å². The second kappa shape index (κ2) is 6.27. The number of nitrogens with zero attached hydrogens (tertiary/aromatic N) is 2. The molecule has 1 heterocycles. The zero-order valence-corrected chi connectivity index (χ0v) is 10.9. The highest BCUT2D eigenvalue weighted by molar-refractivity contribution is 5.97. The standard InChI is InChI=1S/C12H22N4O/c1-4-6-7-8-14-12(17)11-10(13)9(3)15-16(11)5-2/h4-8,13H2,1-3H3,(H,14,17). The van der Waals surface area contributed by atoms with E-state index in [1.54, 1.807) is 4.68 Å². The number of nitrogens with two attached hydrogens (primary N) is 1. The molecule has 0 aliphatic heterocycles. The monoisotopic (exact) mass is 238 g/mol. The Bertz CT molecular complexity index is 384. The van der Waals surface area contributed by atoms with Crippen molar-refractivity contribution in [3.05, 3.63) is 11.4 Å². The van der Waals surface area contributed by atoms with Crippen LogP contribution < -0.4 is 11.1 Å². The Labute approximate surface area is 102 Å². The number of aromatic nitrogens is 2. The molecule has 0 fully saturated rings. The highest BCUT2D eigenvalue weighted by Gasteiger charge is 2.18. The van der Waals surface area contributed by atoms with Crippen LogP contribution in [0.15, 0.2) is 0 Å². The summed E-state index contributed by atoms with van der Waals surface area (Å²) < 4.78 is 1.65. The fourth-order valence-corrected chi connectivity index (χ4v) is 1.72. The quantitative estimate of drug-likeness (QED) is 0.741. The first kappa shape index (κ1) is 13.5. The Morgan fingerprint density at radius 1 is 1.41 bits per heavy atom. The lowest BCUT2D eigenvalue weighted by molar-refractivity contribution is 0.0943. The molecule has 0 spiro atoms. The van der Waals surface area contributed by atoms with E-state index in [2.05, 4.69) is 17.3 Å². The topological polar surface area (TPSA) is 72.9 Å². The summed E-state index contributed by atoms with van der Waals surface area (Å²) in [6, 6.07) is 0. The maximum atomic E-state index is 12.0. The van der Waals surface area contributed by atoms with E-state index in [-0.39, 0.29) is 5.91 Å². The molecule has 0 atom stereocenters. The molecule has 96 valence electrons. The fourth-order valence-electron chi connectivity index (χ4n) is 1.72. The van der Waals surface area contributed by atoms with Crippen molar-refractivity contribution in [2.75, 3.05) is 12.3 Å². The van der Waals surface area contributed by atoms with Crippen LogP contribution in [0.5, 0.6) is 0 Å². The van der Waals surface area contributed by atoms with Crippen molar-refractivity contribution in [1.82, 2.24) is 15.1 Å². The highest BCUT2D eigenvalue weighted by atomic mass is 16.2. The van der Waals surface area contributed by atoms with Gasteiger partial charge >= 0.3 is 0 Å². The maximum absolute atomic E-state index is 12.0. The van der Waals surface area contributed by atoms with Crippen molar-refractivity contribution in [2.45, 2.75) is 46.6 Å². The molecule has 17 heavy (non-hydrogen) atoms. The van der Waals surface area contributed by atoms with Gasteiger partial charge in [0, 0.05) is 13.1 Å². The van der Waals surface area contributed by atoms with Crippen LogP contribution in [-0.4, -0.2) is 22.2 Å². The third-order valence-electron chi connectivity index (χ3n) is 2.75. The van der Waals surface area contributed by atoms with Crippen LogP contribution in [0.25, 0.3) is 0 Å². The second-order valence-electron chi connectivity index (χ2n) is 4.13. The van der Waals surface area contributed by atoms with Gasteiger partial charge in [0.05, 0.1) is 11.4 Å². The van der Waals surface area contributed by atoms with Crippen LogP contribution in [0, 0.1) is 6.92 Å². The van der Waals surface area contributed by atoms with E-state index in [0.29, 0.717) is 30.2 Å². The lowest BCUT2D eigenvalue weighted by Gasteiger charge is -2.07. The lowest BCUT2D eigenvalue weighted by atomic mass is 10.2. The third kappa shape index (κ3) is 3.22. The Hall–Kier alpha value is -1.52. The molecule has 5 nitrogen and oxygen atoms in total. The number of amides is 1. The first-order valence-electron chi connectivity index (χ1n) is 6.22. The molecule has 1 aromatic rings. The van der Waals surface area contributed by atoms with Gasteiger partial charge in [0.2, 0.25) is 0 Å². The summed E-state index contributed by atoms with van der Waals surface area (Å²) in [5.41, 5.74) is 7.55. The van der Waals surface area contributed by atoms with Crippen LogP contribution in [-0.2, 0) is 6.54 Å². The van der Waals surface area contributed by atoms with Crippen LogP contribution in [0.2, 0.25) is 0 Å². The predicted octanol–water partition coefficient (Wildman–Crippen LogP) is 1.71. The molecule has 1 amide bonds. The molecule has 3 N–H and O–H groups in total. The zero-order chi connectivity index (χ0) is 12.8. The van der Waals surface area contributed by atoms with Gasteiger partial charge in [0.25, 0.3) is 5.91 Å². The lowest BCUT2D eigenvalue weighted by Crippen LogP contribution is -2.27. The predicted molar refractivity (Wildman–Crippen MR) is 68.9 cm³/mol. The molecule has 0 unspecified atom stereocenters. The molecule has 0 aromatic carbocycles. The van der Waals surface area contributed by atoms with E-state index < -0.39 is 0 Å². The van der Waals surface area contributed by atoms with Gasteiger partial charge in [0.1, 0.15) is 5.69 Å². The van der Waals surface area contributed by atoms with Crippen LogP contribution in [0.4, 0.5) is 5.69 Å². The Morgan fingerprint density at radius 3 is 2.71 bits per heavy atom. The fraction of sp³-hybridized carbons (Fsp3) is 0.667. The van der Waals surface area contributed by atoms with Gasteiger partial charge in [-0.3, -0.25) is 9.48 Å². The number of hydrogen-bond donors (Lipinski definition) is 2. The van der Waals surface area contributed by atoms with Crippen molar-refractivity contribution in [3.63, 3.8) is 0 Å². The molecule has 0 radical (unpaired) electrons. The van der Waals surface area contributed by atoms with Crippen LogP contribution >= 0.6 is 0 Å². The van der Waals surface area contributed by atoms with E-state index in [1.807, 2.05) is 13.8 Å². The summed E-state index contributed by atoms with van der Waals surface area (Å²) in [7, 11) is 0. The second-order valence-corrected chi connectivity index (χ2v) is 4.13. The number of unbranched alkanes of at least 4 members (excludes halogenated alkanes) is 2. The first-order chi connectivity index (χ1) is 8.11. The van der Waals surface area contributed by atoms with Gasteiger partial charge in [-0.15, -0.1) is 0 Å². The van der Waals surface area contributed by atoms with Crippen molar-refractivity contribution in [2.24, 2.45) is 0 Å². The smallest absolute Gasteiger partial charge is 0.271 e. The van der Waals surface area contributed by atoms with Gasteiger partial charge in [-0.05, 0) is 20.3 Å². The van der Waals surface area contributed by atoms with Gasteiger partial charge in [-0.1, -0.05) is 19.8 Å². The van der Waals surface area contributed by atoms with Crippen molar-refractivity contribution < 1.29 is 4.79 Å². The summed E-state index contributed by atoms with van der Waals surface area (Å²) in [6.45, 7) is 7.24. The third-order valence-corrected chi connectivity index (χ3v) is 2.75. The van der Waals surface area contributed by atoms with Gasteiger partial charge in [-0.25, -0.2) is 0 Å². The van der Waals surface area contributed by atoms with E-state index >= 15 is 0 Å². The molecule has 0 saturated carbocycles. The number of aryl methyl sites for hydroxylation is 2. The average molecular weight is 238 g/mol. The minimum absolute atomic E-state index is 0.124. The van der Waals surface area contributed by atoms with E-state index in [1.165, 1.54) is 0 Å². The zero-order valence-electron chi connectivity index (χ0n) is 10.9. The maximum Gasteiger partial charge on any atom is 0.271 e. The molecule has 1 aromatic heterocycles. The van der Waals surface area contributed by atoms with Crippen molar-refractivity contribution in [3.8, 4) is 0 Å². The summed E-state index contributed by atoms with van der Waals surface area (Å²) >= 11 is 0. The van der Waals surface area contributed by atoms with Gasteiger partial charge in [-0.2, -0.15) is 5.10 Å². The SMILES string of the molecule is CCCCCNC(=O)c1c(N)c(C)nn1CC. The highest BCUT2D eigenvalue weighted by Crippen LogP contribution is 2.16.